The van der Waals surface area contributed by atoms with Crippen LogP contribution in [0.3, 0.4) is 0 Å². The Morgan fingerprint density at radius 2 is 1.71 bits per heavy atom. The summed E-state index contributed by atoms with van der Waals surface area (Å²) in [5.74, 6) is 0. The Morgan fingerprint density at radius 3 is 2.06 bits per heavy atom. The van der Waals surface area contributed by atoms with E-state index >= 15 is 0 Å². The van der Waals surface area contributed by atoms with Crippen LogP contribution in [-0.4, -0.2) is 26.1 Å². The summed E-state index contributed by atoms with van der Waals surface area (Å²) in [5, 5.41) is 0. The highest BCUT2D eigenvalue weighted by Gasteiger charge is 2.54. The van der Waals surface area contributed by atoms with Crippen LogP contribution in [0, 0.1) is 5.41 Å². The van der Waals surface area contributed by atoms with Crippen molar-refractivity contribution in [1.82, 2.24) is 0 Å². The van der Waals surface area contributed by atoms with E-state index in [1.54, 1.807) is 0 Å². The lowest BCUT2D eigenvalue weighted by atomic mass is 9.85. The average molecular weight is 273 g/mol. The number of rotatable bonds is 3. The summed E-state index contributed by atoms with van der Waals surface area (Å²) in [6.45, 7) is -0.409. The lowest BCUT2D eigenvalue weighted by molar-refractivity contribution is -0.0565. The number of nitrogens with two attached hydrogens (primary N) is 1. The fourth-order valence-corrected chi connectivity index (χ4v) is 3.38. The molecule has 4 nitrogen and oxygen atoms in total. The summed E-state index contributed by atoms with van der Waals surface area (Å²) in [6.07, 6.45) is 3.27. The fraction of sp³-hybridized carbons (Fsp3) is 1.00. The van der Waals surface area contributed by atoms with E-state index in [0.29, 0.717) is 19.3 Å². The minimum Gasteiger partial charge on any atom is -0.325 e. The van der Waals surface area contributed by atoms with Crippen LogP contribution in [0.2, 0.25) is 0 Å². The van der Waals surface area contributed by atoms with Gasteiger partial charge in [0.2, 0.25) is 0 Å². The van der Waals surface area contributed by atoms with E-state index in [9.17, 15) is 21.6 Å². The molecule has 2 aliphatic rings. The van der Waals surface area contributed by atoms with Gasteiger partial charge in [-0.25, -0.2) is 0 Å². The second-order valence-corrected chi connectivity index (χ2v) is 6.81. The van der Waals surface area contributed by atoms with Crippen molar-refractivity contribution in [2.45, 2.75) is 43.2 Å². The van der Waals surface area contributed by atoms with E-state index < -0.39 is 27.6 Å². The van der Waals surface area contributed by atoms with Crippen LogP contribution in [0.25, 0.3) is 0 Å². The first-order chi connectivity index (χ1) is 7.58. The Morgan fingerprint density at radius 1 is 1.18 bits per heavy atom. The highest BCUT2D eigenvalue weighted by atomic mass is 32.2. The molecule has 2 aliphatic carbocycles. The van der Waals surface area contributed by atoms with Gasteiger partial charge in [-0.1, -0.05) is 0 Å². The van der Waals surface area contributed by atoms with Gasteiger partial charge in [0, 0.05) is 5.54 Å². The van der Waals surface area contributed by atoms with Crippen molar-refractivity contribution < 1.29 is 25.8 Å². The number of fused-ring (bicyclic) bond motifs is 2. The highest BCUT2D eigenvalue weighted by molar-refractivity contribution is 7.87. The third kappa shape index (κ3) is 2.30. The maximum atomic E-state index is 12.1. The lowest BCUT2D eigenvalue weighted by Crippen LogP contribution is -2.33. The van der Waals surface area contributed by atoms with Crippen LogP contribution in [0.1, 0.15) is 32.1 Å². The van der Waals surface area contributed by atoms with Gasteiger partial charge < -0.3 is 5.73 Å². The van der Waals surface area contributed by atoms with E-state index in [0.717, 1.165) is 12.8 Å². The summed E-state index contributed by atoms with van der Waals surface area (Å²) >= 11 is 0. The zero-order valence-corrected chi connectivity index (χ0v) is 9.90. The molecule has 0 aromatic rings. The van der Waals surface area contributed by atoms with Crippen molar-refractivity contribution in [2.75, 3.05) is 6.61 Å². The first kappa shape index (κ1) is 13.1. The van der Waals surface area contributed by atoms with Gasteiger partial charge in [-0.2, -0.15) is 21.6 Å². The Balaban J connectivity index is 2.01. The number of alkyl halides is 3. The van der Waals surface area contributed by atoms with Crippen LogP contribution < -0.4 is 5.73 Å². The van der Waals surface area contributed by atoms with Crippen LogP contribution in [0.4, 0.5) is 13.2 Å². The van der Waals surface area contributed by atoms with Crippen LogP contribution in [0.5, 0.6) is 0 Å². The lowest BCUT2D eigenvalue weighted by Gasteiger charge is -2.25. The standard InChI is InChI=1S/C9H14F3NO3S/c10-9(11,12)17(14,15)16-6-7-1-3-8(13,5-7)4-2-7/h1-6,13H2. The number of hydrogen-bond donors (Lipinski definition) is 1. The molecule has 0 atom stereocenters. The molecule has 2 N–H and O–H groups in total. The van der Waals surface area contributed by atoms with Crippen molar-refractivity contribution in [2.24, 2.45) is 11.1 Å². The molecule has 100 valence electrons. The van der Waals surface area contributed by atoms with Crippen LogP contribution in [0.15, 0.2) is 0 Å². The minimum absolute atomic E-state index is 0.328. The van der Waals surface area contributed by atoms with Crippen LogP contribution in [-0.2, 0) is 14.3 Å². The Labute approximate surface area is 97.4 Å². The Bertz CT molecular complexity index is 410. The molecule has 0 spiro atoms. The summed E-state index contributed by atoms with van der Waals surface area (Å²) in [5.41, 5.74) is -0.171. The third-order valence-electron chi connectivity index (χ3n) is 3.84. The summed E-state index contributed by atoms with van der Waals surface area (Å²) in [4.78, 5) is 0. The van der Waals surface area contributed by atoms with Crippen molar-refractivity contribution >= 4 is 10.1 Å². The molecule has 0 aliphatic heterocycles. The molecule has 2 fully saturated rings. The molecule has 2 saturated carbocycles. The second-order valence-electron chi connectivity index (χ2n) is 5.20. The van der Waals surface area contributed by atoms with Crippen molar-refractivity contribution in [1.29, 1.82) is 0 Å². The van der Waals surface area contributed by atoms with E-state index in [2.05, 4.69) is 4.18 Å². The van der Waals surface area contributed by atoms with Gasteiger partial charge >= 0.3 is 15.6 Å². The van der Waals surface area contributed by atoms with Crippen molar-refractivity contribution in [3.8, 4) is 0 Å². The average Bonchev–Trinajstić information content (AvgIpc) is 2.67. The fourth-order valence-electron chi connectivity index (χ4n) is 2.84. The first-order valence-electron chi connectivity index (χ1n) is 5.32. The zero-order valence-electron chi connectivity index (χ0n) is 9.09. The van der Waals surface area contributed by atoms with Gasteiger partial charge in [0.05, 0.1) is 6.61 Å². The predicted octanol–water partition coefficient (Wildman–Crippen LogP) is 1.51. The van der Waals surface area contributed by atoms with E-state index in [-0.39, 0.29) is 5.54 Å². The van der Waals surface area contributed by atoms with E-state index in [1.807, 2.05) is 0 Å². The Kier molecular flexibility index (Phi) is 2.76. The van der Waals surface area contributed by atoms with Crippen molar-refractivity contribution in [3.05, 3.63) is 0 Å². The predicted molar refractivity (Wildman–Crippen MR) is 53.4 cm³/mol. The highest BCUT2D eigenvalue weighted by Crippen LogP contribution is 2.55. The van der Waals surface area contributed by atoms with E-state index in [4.69, 9.17) is 5.73 Å². The van der Waals surface area contributed by atoms with Crippen molar-refractivity contribution in [3.63, 3.8) is 0 Å². The molecule has 0 aromatic carbocycles. The molecular weight excluding hydrogens is 259 g/mol. The van der Waals surface area contributed by atoms with Crippen LogP contribution >= 0.6 is 0 Å². The minimum atomic E-state index is -5.48. The molecule has 0 amide bonds. The zero-order chi connectivity index (χ0) is 12.9. The summed E-state index contributed by atoms with van der Waals surface area (Å²) < 4.78 is 62.0. The largest absolute Gasteiger partial charge is 0.523 e. The number of halogens is 3. The van der Waals surface area contributed by atoms with Gasteiger partial charge in [-0.05, 0) is 37.5 Å². The molecule has 0 unspecified atom stereocenters. The molecule has 0 saturated heterocycles. The molecule has 0 radical (unpaired) electrons. The first-order valence-corrected chi connectivity index (χ1v) is 6.73. The number of hydrogen-bond acceptors (Lipinski definition) is 4. The third-order valence-corrected chi connectivity index (χ3v) is 4.83. The molecule has 0 heterocycles. The van der Waals surface area contributed by atoms with Gasteiger partial charge in [0.1, 0.15) is 0 Å². The van der Waals surface area contributed by atoms with Gasteiger partial charge in [-0.3, -0.25) is 4.18 Å². The molecule has 17 heavy (non-hydrogen) atoms. The van der Waals surface area contributed by atoms with Gasteiger partial charge in [0.15, 0.2) is 0 Å². The topological polar surface area (TPSA) is 69.4 Å². The Hall–Kier alpha value is -0.340. The maximum absolute atomic E-state index is 12.1. The molecule has 8 heteroatoms. The van der Waals surface area contributed by atoms with Gasteiger partial charge in [0.25, 0.3) is 0 Å². The molecule has 2 bridgehead atoms. The quantitative estimate of drug-likeness (QED) is 0.625. The molecule has 0 aromatic heterocycles. The maximum Gasteiger partial charge on any atom is 0.523 e. The second kappa shape index (κ2) is 3.58. The van der Waals surface area contributed by atoms with Gasteiger partial charge in [-0.15, -0.1) is 0 Å². The van der Waals surface area contributed by atoms with E-state index in [1.165, 1.54) is 0 Å². The SMILES string of the molecule is NC12CCC(COS(=O)(=O)C(F)(F)F)(CC1)C2. The normalized spacial score (nSPS) is 37.6. The summed E-state index contributed by atoms with van der Waals surface area (Å²) in [7, 11) is -5.48. The molecule has 2 rings (SSSR count). The smallest absolute Gasteiger partial charge is 0.325 e. The molecular formula is C9H14F3NO3S. The monoisotopic (exact) mass is 273 g/mol. The summed E-state index contributed by atoms with van der Waals surface area (Å²) in [6, 6.07) is 0.